The highest BCUT2D eigenvalue weighted by atomic mass is 32.2. The van der Waals surface area contributed by atoms with Crippen LogP contribution < -0.4 is 19.7 Å². The molecule has 4 aromatic carbocycles. The molecule has 1 spiro atoms. The van der Waals surface area contributed by atoms with Crippen LogP contribution in [-0.4, -0.2) is 108 Å². The molecule has 5 heterocycles. The average molecular weight is 1060 g/mol. The zero-order valence-electron chi connectivity index (χ0n) is 43.3. The van der Waals surface area contributed by atoms with Crippen molar-refractivity contribution in [2.75, 3.05) is 62.7 Å². The number of fused-ring (bicyclic) bond motifs is 1. The van der Waals surface area contributed by atoms with Crippen molar-refractivity contribution in [3.8, 4) is 11.5 Å². The molecule has 2 aromatic heterocycles. The molecule has 6 aromatic rings. The summed E-state index contributed by atoms with van der Waals surface area (Å²) in [5.74, 6) is -0.360. The molecular formula is C58H67FN8O8S. The third-order valence-electron chi connectivity index (χ3n) is 16.9. The molecule has 0 bridgehead atoms. The van der Waals surface area contributed by atoms with Gasteiger partial charge in [-0.25, -0.2) is 22.5 Å². The Morgan fingerprint density at radius 3 is 2.53 bits per heavy atom. The fourth-order valence-corrected chi connectivity index (χ4v) is 13.5. The van der Waals surface area contributed by atoms with Crippen molar-refractivity contribution >= 4 is 44.0 Å². The number of nitro groups is 1. The number of ether oxygens (including phenoxy) is 2. The van der Waals surface area contributed by atoms with E-state index < -0.39 is 42.9 Å². The quantitative estimate of drug-likeness (QED) is 0.0529. The SMILES string of the molecule is CC(C)c1ccccc1[C@@H]1CN(Cc2ccc(C3CCOC3)cc2)CCN1C1CC2(C1)CN(c1ccc(C(=O)NS(=O)(=O)c3ccc(NCC4CCC(C)(O)CC4)c([N+](=O)[O-])c3)c(Oc3cnc4[nH]cc(F)c4c3)c1)C2. The number of carbonyl (C=O) groups is 1. The number of H-pyrrole nitrogens is 1. The van der Waals surface area contributed by atoms with Crippen LogP contribution in [0.5, 0.6) is 11.5 Å². The number of halogens is 1. The minimum atomic E-state index is -4.64. The van der Waals surface area contributed by atoms with Crippen LogP contribution in [0.2, 0.25) is 0 Å². The third kappa shape index (κ3) is 10.8. The maximum absolute atomic E-state index is 14.7. The number of hydrogen-bond acceptors (Lipinski definition) is 13. The third-order valence-corrected chi connectivity index (χ3v) is 18.2. The van der Waals surface area contributed by atoms with E-state index in [0.29, 0.717) is 42.9 Å². The number of benzene rings is 4. The zero-order valence-corrected chi connectivity index (χ0v) is 44.2. The summed E-state index contributed by atoms with van der Waals surface area (Å²) in [4.78, 5) is 39.9. The van der Waals surface area contributed by atoms with E-state index in [1.807, 2.05) is 0 Å². The van der Waals surface area contributed by atoms with Gasteiger partial charge in [-0.3, -0.25) is 24.7 Å². The number of aliphatic hydroxyl groups is 1. The summed E-state index contributed by atoms with van der Waals surface area (Å²) in [5, 5.41) is 25.9. The zero-order chi connectivity index (χ0) is 52.9. The number of sulfonamides is 1. The average Bonchev–Trinajstić information content (AvgIpc) is 4.06. The number of pyridine rings is 1. The van der Waals surface area contributed by atoms with Crippen LogP contribution >= 0.6 is 0 Å². The lowest BCUT2D eigenvalue weighted by Crippen LogP contribution is -2.68. The van der Waals surface area contributed by atoms with Crippen molar-refractivity contribution < 1.29 is 37.1 Å². The molecule has 16 nitrogen and oxygen atoms in total. The number of piperazine rings is 1. The van der Waals surface area contributed by atoms with Crippen LogP contribution in [0.3, 0.4) is 0 Å². The molecule has 3 aliphatic heterocycles. The predicted octanol–water partition coefficient (Wildman–Crippen LogP) is 10.0. The second-order valence-corrected chi connectivity index (χ2v) is 24.4. The molecule has 3 saturated heterocycles. The topological polar surface area (TPSA) is 195 Å². The summed E-state index contributed by atoms with van der Waals surface area (Å²) in [7, 11) is -4.64. The van der Waals surface area contributed by atoms with E-state index in [1.165, 1.54) is 58.9 Å². The first-order valence-electron chi connectivity index (χ1n) is 26.7. The van der Waals surface area contributed by atoms with Gasteiger partial charge in [0.25, 0.3) is 21.6 Å². The predicted molar refractivity (Wildman–Crippen MR) is 289 cm³/mol. The molecule has 5 fully saturated rings. The van der Waals surface area contributed by atoms with Crippen molar-refractivity contribution in [3.05, 3.63) is 147 Å². The Hall–Kier alpha value is -6.44. The summed E-state index contributed by atoms with van der Waals surface area (Å²) in [5.41, 5.74) is 5.50. The van der Waals surface area contributed by atoms with E-state index in [-0.39, 0.29) is 45.5 Å². The Labute approximate surface area is 443 Å². The van der Waals surface area contributed by atoms with E-state index in [9.17, 15) is 32.8 Å². The van der Waals surface area contributed by atoms with Gasteiger partial charge in [0.1, 0.15) is 28.7 Å². The van der Waals surface area contributed by atoms with Crippen LogP contribution in [0.1, 0.15) is 116 Å². The minimum absolute atomic E-state index is 0.0216. The number of rotatable bonds is 16. The maximum atomic E-state index is 14.7. The van der Waals surface area contributed by atoms with Crippen molar-refractivity contribution in [3.63, 3.8) is 0 Å². The normalized spacial score (nSPS) is 23.1. The number of aromatic nitrogens is 2. The maximum Gasteiger partial charge on any atom is 0.293 e. The molecule has 1 unspecified atom stereocenters. The van der Waals surface area contributed by atoms with Crippen molar-refractivity contribution in [2.45, 2.75) is 107 Å². The van der Waals surface area contributed by atoms with E-state index in [4.69, 9.17) is 9.47 Å². The smallest absolute Gasteiger partial charge is 0.293 e. The van der Waals surface area contributed by atoms with Gasteiger partial charge in [0, 0.05) is 99.9 Å². The number of amides is 1. The summed E-state index contributed by atoms with van der Waals surface area (Å²) in [6.07, 6.45) is 8.48. The van der Waals surface area contributed by atoms with Gasteiger partial charge < -0.3 is 29.8 Å². The van der Waals surface area contributed by atoms with Gasteiger partial charge in [0.15, 0.2) is 0 Å². The molecule has 11 rings (SSSR count). The van der Waals surface area contributed by atoms with Gasteiger partial charge in [-0.05, 0) is 116 Å². The van der Waals surface area contributed by atoms with Crippen LogP contribution in [0, 0.1) is 27.3 Å². The molecule has 1 amide bonds. The standard InChI is InChI=1S/C58H67FN8O8S/c1-37(2)46-6-4-5-7-47(46)53-33-64(32-39-8-10-40(11-9-39)41-18-23-74-34-41)21-22-66(53)43-27-58(28-43)35-65(36-58)42-12-14-48(54(24-42)75-44-25-49-50(59)31-62-55(49)61-30-44)56(68)63-76(72,73)45-13-15-51(52(26-45)67(70)71)60-29-38-16-19-57(3,69)20-17-38/h4-15,24-26,30-31,37-38,41,43,53,60,69H,16-23,27-29,32-36H2,1-3H3,(H,61,62)(H,63,68)/t38?,41?,53-,57?/m0/s1. The summed E-state index contributed by atoms with van der Waals surface area (Å²) >= 11 is 0. The molecule has 5 aliphatic rings. The summed E-state index contributed by atoms with van der Waals surface area (Å²) < 4.78 is 56.5. The second-order valence-electron chi connectivity index (χ2n) is 22.7. The lowest BCUT2D eigenvalue weighted by Gasteiger charge is -2.63. The molecule has 0 radical (unpaired) electrons. The summed E-state index contributed by atoms with van der Waals surface area (Å²) in [6.45, 7) is 13.8. The first-order chi connectivity index (χ1) is 36.5. The van der Waals surface area contributed by atoms with Gasteiger partial charge >= 0.3 is 0 Å². The molecule has 4 N–H and O–H groups in total. The molecule has 76 heavy (non-hydrogen) atoms. The number of nitro benzene ring substituents is 1. The Morgan fingerprint density at radius 1 is 1.01 bits per heavy atom. The molecular weight excluding hydrogens is 988 g/mol. The van der Waals surface area contributed by atoms with Gasteiger partial charge in [-0.15, -0.1) is 0 Å². The lowest BCUT2D eigenvalue weighted by atomic mass is 9.59. The molecule has 400 valence electrons. The number of nitrogens with one attached hydrogen (secondary N) is 3. The lowest BCUT2D eigenvalue weighted by molar-refractivity contribution is -0.384. The number of nitrogens with zero attached hydrogens (tertiary/aromatic N) is 5. The number of anilines is 2. The van der Waals surface area contributed by atoms with Gasteiger partial charge in [-0.1, -0.05) is 62.4 Å². The number of aromatic amines is 1. The number of hydrogen-bond donors (Lipinski definition) is 4. The first kappa shape index (κ1) is 51.7. The van der Waals surface area contributed by atoms with Gasteiger partial charge in [-0.2, -0.15) is 0 Å². The highest BCUT2D eigenvalue weighted by Crippen LogP contribution is 2.54. The first-order valence-corrected chi connectivity index (χ1v) is 28.2. The Morgan fingerprint density at radius 2 is 1.79 bits per heavy atom. The number of carbonyl (C=O) groups excluding carboxylic acids is 1. The van der Waals surface area contributed by atoms with E-state index in [1.54, 1.807) is 19.1 Å². The largest absolute Gasteiger partial charge is 0.455 e. The van der Waals surface area contributed by atoms with Gasteiger partial charge in [0.2, 0.25) is 0 Å². The Bertz CT molecular complexity index is 3230. The fraction of sp³-hybridized carbons (Fsp3) is 0.448. The van der Waals surface area contributed by atoms with E-state index >= 15 is 0 Å². The molecule has 18 heteroatoms. The van der Waals surface area contributed by atoms with Crippen molar-refractivity contribution in [1.82, 2.24) is 24.5 Å². The van der Waals surface area contributed by atoms with Crippen LogP contribution in [0.4, 0.5) is 21.5 Å². The highest BCUT2D eigenvalue weighted by molar-refractivity contribution is 7.90. The van der Waals surface area contributed by atoms with Crippen molar-refractivity contribution in [1.29, 1.82) is 0 Å². The van der Waals surface area contributed by atoms with Crippen LogP contribution in [0.15, 0.2) is 108 Å². The molecule has 2 saturated carbocycles. The Kier molecular flexibility index (Phi) is 14.2. The van der Waals surface area contributed by atoms with Crippen LogP contribution in [-0.2, 0) is 21.3 Å². The highest BCUT2D eigenvalue weighted by Gasteiger charge is 2.55. The molecule has 2 atom stereocenters. The fourth-order valence-electron chi connectivity index (χ4n) is 12.5. The monoisotopic (exact) mass is 1050 g/mol. The second kappa shape index (κ2) is 20.8. The Balaban J connectivity index is 0.786. The van der Waals surface area contributed by atoms with Crippen molar-refractivity contribution in [2.24, 2.45) is 11.3 Å². The van der Waals surface area contributed by atoms with E-state index in [0.717, 1.165) is 96.3 Å². The summed E-state index contributed by atoms with van der Waals surface area (Å²) in [6, 6.07) is 28.6. The van der Waals surface area contributed by atoms with Gasteiger partial charge in [0.05, 0.1) is 39.2 Å². The van der Waals surface area contributed by atoms with E-state index in [2.05, 4.69) is 97.1 Å². The van der Waals surface area contributed by atoms with Crippen LogP contribution in [0.25, 0.3) is 11.0 Å². The minimum Gasteiger partial charge on any atom is -0.455 e. The molecule has 2 aliphatic carbocycles.